The van der Waals surface area contributed by atoms with Gasteiger partial charge in [0.2, 0.25) is 0 Å². The van der Waals surface area contributed by atoms with Crippen LogP contribution in [0.25, 0.3) is 0 Å². The van der Waals surface area contributed by atoms with Crippen molar-refractivity contribution < 1.29 is 18.3 Å². The lowest BCUT2D eigenvalue weighted by molar-refractivity contribution is 0.0829. The van der Waals surface area contributed by atoms with Gasteiger partial charge in [-0.05, 0) is 25.1 Å². The molecule has 0 saturated carbocycles. The Balaban J connectivity index is 3.20. The predicted octanol–water partition coefficient (Wildman–Crippen LogP) is 2.14. The maximum Gasteiger partial charge on any atom is 0.159 e. The van der Waals surface area contributed by atoms with Crippen LogP contribution in [0.1, 0.15) is 12.5 Å². The predicted molar refractivity (Wildman–Crippen MR) is 41.9 cm³/mol. The minimum absolute atomic E-state index is 0.463. The van der Waals surface area contributed by atoms with Gasteiger partial charge in [-0.25, -0.2) is 13.2 Å². The van der Waals surface area contributed by atoms with E-state index in [1.807, 2.05) is 0 Å². The van der Waals surface area contributed by atoms with Crippen LogP contribution in [0, 0.1) is 11.6 Å². The van der Waals surface area contributed by atoms with Gasteiger partial charge in [-0.3, -0.25) is 0 Å². The largest absolute Gasteiger partial charge is 0.393 e. The average molecular weight is 190 g/mol. The molecule has 0 bridgehead atoms. The summed E-state index contributed by atoms with van der Waals surface area (Å²) < 4.78 is 38.9. The van der Waals surface area contributed by atoms with E-state index in [-0.39, 0.29) is 0 Å². The quantitative estimate of drug-likeness (QED) is 0.757. The summed E-state index contributed by atoms with van der Waals surface area (Å²) in [6, 6.07) is 2.47. The second-order valence-electron chi connectivity index (χ2n) is 2.98. The molecule has 0 aliphatic rings. The topological polar surface area (TPSA) is 20.2 Å². The first-order chi connectivity index (χ1) is 5.97. The van der Waals surface area contributed by atoms with E-state index in [0.29, 0.717) is 0 Å². The third-order valence-electron chi connectivity index (χ3n) is 1.79. The Hall–Kier alpha value is -1.03. The van der Waals surface area contributed by atoms with Crippen LogP contribution < -0.4 is 0 Å². The molecule has 0 aliphatic heterocycles. The summed E-state index contributed by atoms with van der Waals surface area (Å²) in [6.07, 6.45) is 0. The van der Waals surface area contributed by atoms with E-state index in [1.165, 1.54) is 0 Å². The van der Waals surface area contributed by atoms with Crippen molar-refractivity contribution in [1.29, 1.82) is 0 Å². The Morgan fingerprint density at radius 2 is 2.00 bits per heavy atom. The molecule has 0 saturated heterocycles. The van der Waals surface area contributed by atoms with Gasteiger partial charge in [-0.1, -0.05) is 0 Å². The Morgan fingerprint density at radius 3 is 2.54 bits per heavy atom. The molecule has 1 aromatic rings. The molecule has 0 heterocycles. The third kappa shape index (κ3) is 2.01. The van der Waals surface area contributed by atoms with Crippen molar-refractivity contribution in [2.75, 3.05) is 6.61 Å². The first-order valence-electron chi connectivity index (χ1n) is 3.72. The summed E-state index contributed by atoms with van der Waals surface area (Å²) in [7, 11) is 0. The van der Waals surface area contributed by atoms with Crippen molar-refractivity contribution in [2.24, 2.45) is 0 Å². The number of aliphatic hydroxyl groups is 1. The molecule has 1 nitrogen and oxygen atoms in total. The zero-order chi connectivity index (χ0) is 10.1. The van der Waals surface area contributed by atoms with E-state index < -0.39 is 29.5 Å². The molecule has 0 fully saturated rings. The molecule has 0 radical (unpaired) electrons. The summed E-state index contributed by atoms with van der Waals surface area (Å²) in [4.78, 5) is 0. The number of halogens is 3. The van der Waals surface area contributed by atoms with Crippen LogP contribution in [0.4, 0.5) is 13.2 Å². The lowest BCUT2D eigenvalue weighted by Crippen LogP contribution is -2.22. The fraction of sp³-hybridized carbons (Fsp3) is 0.333. The summed E-state index contributed by atoms with van der Waals surface area (Å²) >= 11 is 0. The van der Waals surface area contributed by atoms with Crippen molar-refractivity contribution >= 4 is 0 Å². The van der Waals surface area contributed by atoms with Crippen LogP contribution in [-0.2, 0) is 5.67 Å². The van der Waals surface area contributed by atoms with Crippen molar-refractivity contribution in [3.63, 3.8) is 0 Å². The van der Waals surface area contributed by atoms with Gasteiger partial charge < -0.3 is 5.11 Å². The fourth-order valence-corrected chi connectivity index (χ4v) is 0.982. The van der Waals surface area contributed by atoms with E-state index in [9.17, 15) is 13.2 Å². The molecule has 0 aliphatic carbocycles. The molecule has 1 rings (SSSR count). The van der Waals surface area contributed by atoms with Crippen LogP contribution in [0.15, 0.2) is 18.2 Å². The second-order valence-corrected chi connectivity index (χ2v) is 2.98. The maximum absolute atomic E-state index is 13.3. The number of hydrogen-bond donors (Lipinski definition) is 1. The first-order valence-corrected chi connectivity index (χ1v) is 3.72. The van der Waals surface area contributed by atoms with E-state index in [1.54, 1.807) is 0 Å². The zero-order valence-electron chi connectivity index (χ0n) is 7.02. The van der Waals surface area contributed by atoms with Gasteiger partial charge in [0.1, 0.15) is 11.6 Å². The van der Waals surface area contributed by atoms with Crippen LogP contribution in [0.2, 0.25) is 0 Å². The highest BCUT2D eigenvalue weighted by Gasteiger charge is 2.28. The van der Waals surface area contributed by atoms with Gasteiger partial charge in [-0.2, -0.15) is 0 Å². The SMILES string of the molecule is CC(F)(CO)c1cc(F)ccc1F. The lowest BCUT2D eigenvalue weighted by atomic mass is 9.98. The summed E-state index contributed by atoms with van der Waals surface area (Å²) in [5, 5.41) is 8.60. The van der Waals surface area contributed by atoms with E-state index in [0.717, 1.165) is 25.1 Å². The molecule has 13 heavy (non-hydrogen) atoms. The van der Waals surface area contributed by atoms with E-state index >= 15 is 0 Å². The number of alkyl halides is 1. The minimum atomic E-state index is -2.24. The summed E-state index contributed by atoms with van der Waals surface area (Å²) in [5.74, 6) is -1.59. The molecule has 72 valence electrons. The smallest absolute Gasteiger partial charge is 0.159 e. The molecule has 0 aromatic heterocycles. The van der Waals surface area contributed by atoms with Crippen LogP contribution in [0.3, 0.4) is 0 Å². The zero-order valence-corrected chi connectivity index (χ0v) is 7.02. The van der Waals surface area contributed by atoms with Gasteiger partial charge in [0.15, 0.2) is 5.67 Å². The number of benzene rings is 1. The second kappa shape index (κ2) is 3.38. The van der Waals surface area contributed by atoms with Crippen LogP contribution in [-0.4, -0.2) is 11.7 Å². The molecule has 0 amide bonds. The molecule has 4 heteroatoms. The van der Waals surface area contributed by atoms with Crippen LogP contribution in [0.5, 0.6) is 0 Å². The summed E-state index contributed by atoms with van der Waals surface area (Å²) in [6.45, 7) is 0.109. The van der Waals surface area contributed by atoms with Crippen molar-refractivity contribution in [1.82, 2.24) is 0 Å². The molecule has 1 aromatic carbocycles. The highest BCUT2D eigenvalue weighted by molar-refractivity contribution is 5.24. The Morgan fingerprint density at radius 1 is 1.38 bits per heavy atom. The van der Waals surface area contributed by atoms with Gasteiger partial charge in [0.05, 0.1) is 6.61 Å². The van der Waals surface area contributed by atoms with Crippen LogP contribution >= 0.6 is 0 Å². The monoisotopic (exact) mass is 190 g/mol. The number of rotatable bonds is 2. The van der Waals surface area contributed by atoms with E-state index in [2.05, 4.69) is 0 Å². The molecule has 1 atom stereocenters. The minimum Gasteiger partial charge on any atom is -0.393 e. The van der Waals surface area contributed by atoms with Crippen molar-refractivity contribution in [2.45, 2.75) is 12.6 Å². The Bertz CT molecular complexity index is 310. The molecule has 0 spiro atoms. The standard InChI is InChI=1S/C9H9F3O/c1-9(12,5-13)7-4-6(10)2-3-8(7)11/h2-4,13H,5H2,1H3. The third-order valence-corrected chi connectivity index (χ3v) is 1.79. The Labute approximate surface area is 73.8 Å². The highest BCUT2D eigenvalue weighted by Crippen LogP contribution is 2.27. The van der Waals surface area contributed by atoms with Gasteiger partial charge in [-0.15, -0.1) is 0 Å². The number of hydrogen-bond acceptors (Lipinski definition) is 1. The van der Waals surface area contributed by atoms with Gasteiger partial charge in [0.25, 0.3) is 0 Å². The molecule has 1 N–H and O–H groups in total. The Kier molecular flexibility index (Phi) is 2.61. The first kappa shape index (κ1) is 10.1. The maximum atomic E-state index is 13.3. The van der Waals surface area contributed by atoms with Crippen molar-refractivity contribution in [3.8, 4) is 0 Å². The van der Waals surface area contributed by atoms with Crippen molar-refractivity contribution in [3.05, 3.63) is 35.4 Å². The normalized spacial score (nSPS) is 15.5. The molecule has 1 unspecified atom stereocenters. The lowest BCUT2D eigenvalue weighted by Gasteiger charge is -2.18. The molecular weight excluding hydrogens is 181 g/mol. The molecular formula is C9H9F3O. The highest BCUT2D eigenvalue weighted by atomic mass is 19.2. The van der Waals surface area contributed by atoms with Gasteiger partial charge in [0, 0.05) is 5.56 Å². The summed E-state index contributed by atoms with van der Waals surface area (Å²) in [5.41, 5.74) is -2.71. The fourth-order valence-electron chi connectivity index (χ4n) is 0.982. The average Bonchev–Trinajstić information content (AvgIpc) is 2.09. The number of aliphatic hydroxyl groups excluding tert-OH is 1. The van der Waals surface area contributed by atoms with Gasteiger partial charge >= 0.3 is 0 Å². The van der Waals surface area contributed by atoms with E-state index in [4.69, 9.17) is 5.11 Å².